The zero-order valence-electron chi connectivity index (χ0n) is 14.2. The number of nitrogens with one attached hydrogen (secondary N) is 2. The smallest absolute Gasteiger partial charge is 0.325 e. The van der Waals surface area contributed by atoms with Crippen molar-refractivity contribution in [3.63, 3.8) is 0 Å². The van der Waals surface area contributed by atoms with Gasteiger partial charge in [-0.2, -0.15) is 0 Å². The zero-order chi connectivity index (χ0) is 18.7. The third-order valence-corrected chi connectivity index (χ3v) is 4.75. The number of halogens is 1. The van der Waals surface area contributed by atoms with Gasteiger partial charge in [-0.1, -0.05) is 36.4 Å². The van der Waals surface area contributed by atoms with Crippen LogP contribution in [0.15, 0.2) is 53.0 Å². The molecule has 1 heterocycles. The molecule has 0 aromatic heterocycles. The molecule has 4 amide bonds. The summed E-state index contributed by atoms with van der Waals surface area (Å²) in [6.45, 7) is 1.62. The highest BCUT2D eigenvalue weighted by Crippen LogP contribution is 2.23. The first-order valence-electron chi connectivity index (χ1n) is 8.16. The summed E-state index contributed by atoms with van der Waals surface area (Å²) in [5, 5.41) is 5.35. The maximum atomic E-state index is 12.5. The Morgan fingerprint density at radius 1 is 1.19 bits per heavy atom. The highest BCUT2D eigenvalue weighted by atomic mass is 79.9. The van der Waals surface area contributed by atoms with E-state index in [4.69, 9.17) is 0 Å². The fraction of sp³-hybridized carbons (Fsp3) is 0.211. The van der Waals surface area contributed by atoms with Gasteiger partial charge in [-0.25, -0.2) is 4.79 Å². The van der Waals surface area contributed by atoms with Gasteiger partial charge >= 0.3 is 6.03 Å². The molecule has 7 heteroatoms. The first-order chi connectivity index (χ1) is 12.4. The van der Waals surface area contributed by atoms with E-state index in [-0.39, 0.29) is 6.54 Å². The minimum Gasteiger partial charge on any atom is -0.325 e. The van der Waals surface area contributed by atoms with E-state index in [1.165, 1.54) is 0 Å². The molecule has 2 aromatic carbocycles. The first-order valence-corrected chi connectivity index (χ1v) is 8.95. The van der Waals surface area contributed by atoms with Crippen LogP contribution >= 0.6 is 15.9 Å². The largest absolute Gasteiger partial charge is 0.325 e. The van der Waals surface area contributed by atoms with Crippen molar-refractivity contribution in [1.29, 1.82) is 0 Å². The van der Waals surface area contributed by atoms with E-state index >= 15 is 0 Å². The summed E-state index contributed by atoms with van der Waals surface area (Å²) in [6, 6.07) is 13.7. The molecule has 1 aliphatic heterocycles. The fourth-order valence-corrected chi connectivity index (χ4v) is 3.36. The van der Waals surface area contributed by atoms with Crippen LogP contribution in [-0.2, 0) is 16.0 Å². The average Bonchev–Trinajstić information content (AvgIpc) is 2.86. The number of hydrogen-bond acceptors (Lipinski definition) is 3. The van der Waals surface area contributed by atoms with Crippen molar-refractivity contribution in [3.05, 3.63) is 64.1 Å². The van der Waals surface area contributed by atoms with Crippen LogP contribution in [0.1, 0.15) is 11.1 Å². The average molecular weight is 416 g/mol. The summed E-state index contributed by atoms with van der Waals surface area (Å²) in [6.07, 6.45) is 0.396. The molecule has 0 saturated carbocycles. The van der Waals surface area contributed by atoms with Crippen molar-refractivity contribution in [3.8, 4) is 0 Å². The van der Waals surface area contributed by atoms with Crippen LogP contribution in [0.25, 0.3) is 0 Å². The van der Waals surface area contributed by atoms with Crippen LogP contribution in [0.2, 0.25) is 0 Å². The number of benzene rings is 2. The van der Waals surface area contributed by atoms with E-state index < -0.39 is 23.9 Å². The predicted molar refractivity (Wildman–Crippen MR) is 102 cm³/mol. The van der Waals surface area contributed by atoms with Gasteiger partial charge in [-0.3, -0.25) is 14.5 Å². The zero-order valence-corrected chi connectivity index (χ0v) is 15.7. The minimum atomic E-state index is -0.649. The molecule has 6 nitrogen and oxygen atoms in total. The Morgan fingerprint density at radius 3 is 2.62 bits per heavy atom. The van der Waals surface area contributed by atoms with Gasteiger partial charge in [0.1, 0.15) is 12.6 Å². The second-order valence-corrected chi connectivity index (χ2v) is 7.00. The molecule has 0 aliphatic carbocycles. The lowest BCUT2D eigenvalue weighted by atomic mass is 10.1. The number of amides is 4. The lowest BCUT2D eigenvalue weighted by Gasteiger charge is -2.14. The van der Waals surface area contributed by atoms with Crippen molar-refractivity contribution in [2.45, 2.75) is 19.4 Å². The molecule has 0 bridgehead atoms. The van der Waals surface area contributed by atoms with Crippen LogP contribution < -0.4 is 10.6 Å². The predicted octanol–water partition coefficient (Wildman–Crippen LogP) is 2.86. The molecule has 134 valence electrons. The number of nitrogens with zero attached hydrogens (tertiary/aromatic N) is 1. The van der Waals surface area contributed by atoms with E-state index in [1.807, 2.05) is 49.4 Å². The maximum absolute atomic E-state index is 12.5. The monoisotopic (exact) mass is 415 g/mol. The van der Waals surface area contributed by atoms with Crippen molar-refractivity contribution in [1.82, 2.24) is 10.2 Å². The van der Waals surface area contributed by atoms with Crippen LogP contribution in [-0.4, -0.2) is 35.3 Å². The Bertz CT molecular complexity index is 854. The molecule has 1 atom stereocenters. The first kappa shape index (κ1) is 18.1. The van der Waals surface area contributed by atoms with Crippen LogP contribution in [0, 0.1) is 6.92 Å². The normalized spacial score (nSPS) is 16.5. The van der Waals surface area contributed by atoms with Gasteiger partial charge in [0, 0.05) is 10.9 Å². The summed E-state index contributed by atoms with van der Waals surface area (Å²) in [7, 11) is 0. The fourth-order valence-electron chi connectivity index (χ4n) is 2.77. The number of carbonyl (C=O) groups excluding carboxylic acids is 3. The van der Waals surface area contributed by atoms with Crippen molar-refractivity contribution >= 4 is 39.5 Å². The molecule has 0 unspecified atom stereocenters. The summed E-state index contributed by atoms with van der Waals surface area (Å²) in [4.78, 5) is 37.8. The third kappa shape index (κ3) is 4.11. The van der Waals surface area contributed by atoms with E-state index in [0.29, 0.717) is 12.1 Å². The number of urea groups is 1. The van der Waals surface area contributed by atoms with Crippen molar-refractivity contribution in [2.24, 2.45) is 0 Å². The standard InChI is InChI=1S/C19H18BrN3O3/c1-12-7-8-15(14(20)9-12)21-17(24)11-23-18(25)16(22-19(23)26)10-13-5-3-2-4-6-13/h2-9,16H,10-11H2,1H3,(H,21,24)(H,22,26)/t16-/m1/s1. The summed E-state index contributed by atoms with van der Waals surface area (Å²) >= 11 is 3.38. The Morgan fingerprint density at radius 2 is 1.92 bits per heavy atom. The topological polar surface area (TPSA) is 78.5 Å². The minimum absolute atomic E-state index is 0.323. The van der Waals surface area contributed by atoms with E-state index in [0.717, 1.165) is 20.5 Å². The van der Waals surface area contributed by atoms with Crippen LogP contribution in [0.4, 0.5) is 10.5 Å². The van der Waals surface area contributed by atoms with E-state index in [1.54, 1.807) is 6.07 Å². The molecule has 0 spiro atoms. The van der Waals surface area contributed by atoms with Crippen LogP contribution in [0.5, 0.6) is 0 Å². The highest BCUT2D eigenvalue weighted by Gasteiger charge is 2.38. The van der Waals surface area contributed by atoms with Crippen LogP contribution in [0.3, 0.4) is 0 Å². The van der Waals surface area contributed by atoms with Crippen molar-refractivity contribution in [2.75, 3.05) is 11.9 Å². The van der Waals surface area contributed by atoms with Gasteiger partial charge < -0.3 is 10.6 Å². The number of aryl methyl sites for hydroxylation is 1. The summed E-state index contributed by atoms with van der Waals surface area (Å²) in [5.74, 6) is -0.824. The molecule has 3 rings (SSSR count). The van der Waals surface area contributed by atoms with Crippen molar-refractivity contribution < 1.29 is 14.4 Å². The number of anilines is 1. The Balaban J connectivity index is 1.63. The second-order valence-electron chi connectivity index (χ2n) is 6.15. The Hall–Kier alpha value is -2.67. The lowest BCUT2D eigenvalue weighted by Crippen LogP contribution is -2.38. The van der Waals surface area contributed by atoms with Gasteiger partial charge in [-0.15, -0.1) is 0 Å². The second kappa shape index (κ2) is 7.70. The molecule has 1 fully saturated rings. The molecule has 1 aliphatic rings. The molecular formula is C19H18BrN3O3. The van der Waals surface area contributed by atoms with Gasteiger partial charge in [0.2, 0.25) is 5.91 Å². The lowest BCUT2D eigenvalue weighted by molar-refractivity contribution is -0.130. The number of rotatable bonds is 5. The molecular weight excluding hydrogens is 398 g/mol. The van der Waals surface area contributed by atoms with E-state index in [9.17, 15) is 14.4 Å². The highest BCUT2D eigenvalue weighted by molar-refractivity contribution is 9.10. The molecule has 1 saturated heterocycles. The third-order valence-electron chi connectivity index (χ3n) is 4.09. The van der Waals surface area contributed by atoms with Gasteiger partial charge in [0.25, 0.3) is 5.91 Å². The van der Waals surface area contributed by atoms with Gasteiger partial charge in [0.05, 0.1) is 5.69 Å². The van der Waals surface area contributed by atoms with Gasteiger partial charge in [0.15, 0.2) is 0 Å². The molecule has 26 heavy (non-hydrogen) atoms. The number of imide groups is 1. The van der Waals surface area contributed by atoms with Gasteiger partial charge in [-0.05, 0) is 46.1 Å². The summed E-state index contributed by atoms with van der Waals surface area (Å²) in [5.41, 5.74) is 2.59. The van der Waals surface area contributed by atoms with E-state index in [2.05, 4.69) is 26.6 Å². The molecule has 2 N–H and O–H groups in total. The Labute approximate surface area is 159 Å². The SMILES string of the molecule is Cc1ccc(NC(=O)CN2C(=O)N[C@H](Cc3ccccc3)C2=O)c(Br)c1. The summed E-state index contributed by atoms with van der Waals surface area (Å²) < 4.78 is 0.741. The Kier molecular flexibility index (Phi) is 5.37. The maximum Gasteiger partial charge on any atom is 0.325 e. The molecule has 2 aromatic rings. The number of carbonyl (C=O) groups is 3. The molecule has 0 radical (unpaired) electrons. The number of hydrogen-bond donors (Lipinski definition) is 2. The quantitative estimate of drug-likeness (QED) is 0.736.